The molecule has 2 aromatic heterocycles. The fraction of sp³-hybridized carbons (Fsp3) is 0. The molecule has 5 nitrogen and oxygen atoms in total. The van der Waals surface area contributed by atoms with Crippen molar-refractivity contribution in [2.45, 2.75) is 0 Å². The Labute approximate surface area is 287 Å². The van der Waals surface area contributed by atoms with Gasteiger partial charge < -0.3 is 9.13 Å². The lowest BCUT2D eigenvalue weighted by Gasteiger charge is -2.18. The monoisotopic (exact) mass is 635 g/mol. The SMILES string of the molecule is N#Cc1ccc(-c2ccccc2-n2c3ccccc3c3ccc(C#N)cc32)c(-c2cccc(-n3c4ccccc4c4cc(C#N)ccc43)c2)c1. The third-order valence-electron chi connectivity index (χ3n) is 9.60. The Morgan fingerprint density at radius 2 is 0.960 bits per heavy atom. The van der Waals surface area contributed by atoms with E-state index in [1.807, 2.05) is 91.0 Å². The highest BCUT2D eigenvalue weighted by molar-refractivity contribution is 6.11. The van der Waals surface area contributed by atoms with Crippen molar-refractivity contribution in [3.8, 4) is 51.8 Å². The van der Waals surface area contributed by atoms with Crippen LogP contribution in [0.15, 0.2) is 152 Å². The number of benzene rings is 7. The summed E-state index contributed by atoms with van der Waals surface area (Å²) >= 11 is 0. The Morgan fingerprint density at radius 1 is 0.360 bits per heavy atom. The van der Waals surface area contributed by atoms with Gasteiger partial charge in [-0.2, -0.15) is 15.8 Å². The van der Waals surface area contributed by atoms with Crippen molar-refractivity contribution >= 4 is 43.6 Å². The highest BCUT2D eigenvalue weighted by Crippen LogP contribution is 2.41. The maximum atomic E-state index is 10.0. The average molecular weight is 636 g/mol. The van der Waals surface area contributed by atoms with Crippen LogP contribution in [0, 0.1) is 34.0 Å². The van der Waals surface area contributed by atoms with Crippen LogP contribution in [0.3, 0.4) is 0 Å². The molecule has 50 heavy (non-hydrogen) atoms. The van der Waals surface area contributed by atoms with Crippen LogP contribution in [0.1, 0.15) is 16.7 Å². The summed E-state index contributed by atoms with van der Waals surface area (Å²) in [5.41, 5.74) is 11.7. The van der Waals surface area contributed by atoms with Crippen LogP contribution in [0.4, 0.5) is 0 Å². The Morgan fingerprint density at radius 3 is 1.76 bits per heavy atom. The smallest absolute Gasteiger partial charge is 0.0992 e. The van der Waals surface area contributed by atoms with Gasteiger partial charge in [0.1, 0.15) is 0 Å². The van der Waals surface area contributed by atoms with E-state index in [1.165, 1.54) is 0 Å². The van der Waals surface area contributed by atoms with Gasteiger partial charge in [-0.25, -0.2) is 0 Å². The first-order valence-electron chi connectivity index (χ1n) is 16.3. The molecule has 9 rings (SSSR count). The fourth-order valence-electron chi connectivity index (χ4n) is 7.42. The van der Waals surface area contributed by atoms with Gasteiger partial charge in [0.05, 0.1) is 62.7 Å². The van der Waals surface area contributed by atoms with Gasteiger partial charge in [-0.05, 0) is 89.5 Å². The van der Waals surface area contributed by atoms with Crippen molar-refractivity contribution in [1.29, 1.82) is 15.8 Å². The maximum absolute atomic E-state index is 10.0. The number of nitrogens with zero attached hydrogens (tertiary/aromatic N) is 5. The zero-order valence-corrected chi connectivity index (χ0v) is 26.7. The van der Waals surface area contributed by atoms with Crippen LogP contribution >= 0.6 is 0 Å². The van der Waals surface area contributed by atoms with E-state index >= 15 is 0 Å². The molecule has 0 N–H and O–H groups in total. The number of hydrogen-bond donors (Lipinski definition) is 0. The fourth-order valence-corrected chi connectivity index (χ4v) is 7.42. The van der Waals surface area contributed by atoms with Crippen molar-refractivity contribution < 1.29 is 0 Å². The number of aromatic nitrogens is 2. The number of hydrogen-bond acceptors (Lipinski definition) is 3. The van der Waals surface area contributed by atoms with Gasteiger partial charge in [0, 0.05) is 32.8 Å². The molecular weight excluding hydrogens is 611 g/mol. The van der Waals surface area contributed by atoms with E-state index in [4.69, 9.17) is 0 Å². The van der Waals surface area contributed by atoms with Crippen LogP contribution < -0.4 is 0 Å². The Kier molecular flexibility index (Phi) is 6.56. The number of nitriles is 3. The topological polar surface area (TPSA) is 81.2 Å². The van der Waals surface area contributed by atoms with E-state index in [0.29, 0.717) is 16.7 Å². The molecule has 0 aliphatic rings. The van der Waals surface area contributed by atoms with Gasteiger partial charge in [0.25, 0.3) is 0 Å². The predicted molar refractivity (Wildman–Crippen MR) is 200 cm³/mol. The van der Waals surface area contributed by atoms with Crippen molar-refractivity contribution in [1.82, 2.24) is 9.13 Å². The molecule has 0 bridgehead atoms. The average Bonchev–Trinajstić information content (AvgIpc) is 3.69. The van der Waals surface area contributed by atoms with Crippen LogP contribution in [0.5, 0.6) is 0 Å². The Bertz CT molecular complexity index is 2970. The van der Waals surface area contributed by atoms with Crippen LogP contribution in [-0.4, -0.2) is 9.13 Å². The molecule has 9 aromatic rings. The van der Waals surface area contributed by atoms with Gasteiger partial charge in [-0.1, -0.05) is 78.9 Å². The van der Waals surface area contributed by atoms with Gasteiger partial charge in [-0.3, -0.25) is 0 Å². The molecule has 0 spiro atoms. The minimum atomic E-state index is 0.572. The number of fused-ring (bicyclic) bond motifs is 6. The Balaban J connectivity index is 1.29. The molecule has 0 atom stereocenters. The Hall–Kier alpha value is -7.39. The second-order valence-electron chi connectivity index (χ2n) is 12.3. The zero-order valence-electron chi connectivity index (χ0n) is 26.7. The van der Waals surface area contributed by atoms with Gasteiger partial charge in [0.15, 0.2) is 0 Å². The molecule has 5 heteroatoms. The number of para-hydroxylation sites is 3. The molecule has 7 aromatic carbocycles. The van der Waals surface area contributed by atoms with E-state index in [0.717, 1.165) is 77.2 Å². The molecule has 230 valence electrons. The lowest BCUT2D eigenvalue weighted by Crippen LogP contribution is -1.99. The summed E-state index contributed by atoms with van der Waals surface area (Å²) in [6.45, 7) is 0. The quantitative estimate of drug-likeness (QED) is 0.193. The molecule has 0 aliphatic heterocycles. The maximum Gasteiger partial charge on any atom is 0.0992 e. The first-order chi connectivity index (χ1) is 24.7. The minimum absolute atomic E-state index is 0.572. The lowest BCUT2D eigenvalue weighted by molar-refractivity contribution is 1.18. The second-order valence-corrected chi connectivity index (χ2v) is 12.3. The van der Waals surface area contributed by atoms with E-state index in [1.54, 1.807) is 0 Å². The van der Waals surface area contributed by atoms with Crippen molar-refractivity contribution in [2.75, 3.05) is 0 Å². The standard InChI is InChI=1S/C45H25N5/c46-26-29-16-19-34(35-10-1-5-14-42(35)50-43-15-6-2-11-36(43)38-20-17-31(28-48)24-45(38)50)39(22-29)32-8-7-9-33(25-32)49-41-13-4-3-12-37(41)40-23-30(27-47)18-21-44(40)49/h1-25H. The first kappa shape index (κ1) is 28.8. The number of rotatable bonds is 4. The van der Waals surface area contributed by atoms with Crippen LogP contribution in [0.25, 0.3) is 77.2 Å². The molecule has 0 aliphatic carbocycles. The molecule has 2 heterocycles. The molecule has 0 amide bonds. The van der Waals surface area contributed by atoms with E-state index in [9.17, 15) is 15.8 Å². The van der Waals surface area contributed by atoms with Crippen molar-refractivity contribution in [3.63, 3.8) is 0 Å². The molecule has 0 radical (unpaired) electrons. The van der Waals surface area contributed by atoms with Crippen molar-refractivity contribution in [2.24, 2.45) is 0 Å². The van der Waals surface area contributed by atoms with Gasteiger partial charge >= 0.3 is 0 Å². The van der Waals surface area contributed by atoms with E-state index < -0.39 is 0 Å². The summed E-state index contributed by atoms with van der Waals surface area (Å²) in [5, 5.41) is 33.8. The summed E-state index contributed by atoms with van der Waals surface area (Å²) in [5.74, 6) is 0. The summed E-state index contributed by atoms with van der Waals surface area (Å²) in [6, 6.07) is 57.9. The minimum Gasteiger partial charge on any atom is -0.309 e. The predicted octanol–water partition coefficient (Wildman–Crippen LogP) is 10.8. The van der Waals surface area contributed by atoms with Crippen LogP contribution in [-0.2, 0) is 0 Å². The summed E-state index contributed by atoms with van der Waals surface area (Å²) in [6.07, 6.45) is 0. The lowest BCUT2D eigenvalue weighted by atomic mass is 9.91. The second kappa shape index (κ2) is 11.4. The summed E-state index contributed by atoms with van der Waals surface area (Å²) < 4.78 is 4.48. The molecular formula is C45H25N5. The molecule has 0 fully saturated rings. The normalized spacial score (nSPS) is 11.1. The third kappa shape index (κ3) is 4.38. The van der Waals surface area contributed by atoms with Crippen molar-refractivity contribution in [3.05, 3.63) is 168 Å². The first-order valence-corrected chi connectivity index (χ1v) is 16.3. The van der Waals surface area contributed by atoms with Gasteiger partial charge in [0.2, 0.25) is 0 Å². The largest absolute Gasteiger partial charge is 0.309 e. The third-order valence-corrected chi connectivity index (χ3v) is 9.60. The van der Waals surface area contributed by atoms with E-state index in [2.05, 4.69) is 88.0 Å². The summed E-state index contributed by atoms with van der Waals surface area (Å²) in [7, 11) is 0. The highest BCUT2D eigenvalue weighted by atomic mass is 15.0. The molecule has 0 unspecified atom stereocenters. The summed E-state index contributed by atoms with van der Waals surface area (Å²) in [4.78, 5) is 0. The van der Waals surface area contributed by atoms with E-state index in [-0.39, 0.29) is 0 Å². The highest BCUT2D eigenvalue weighted by Gasteiger charge is 2.19. The molecule has 0 saturated heterocycles. The zero-order chi connectivity index (χ0) is 33.8. The van der Waals surface area contributed by atoms with Crippen LogP contribution in [0.2, 0.25) is 0 Å². The van der Waals surface area contributed by atoms with Gasteiger partial charge in [-0.15, -0.1) is 0 Å². The molecule has 0 saturated carbocycles.